The Kier molecular flexibility index (Phi) is 26.2. The summed E-state index contributed by atoms with van der Waals surface area (Å²) in [5.74, 6) is -0.0326. The van der Waals surface area contributed by atoms with Crippen LogP contribution < -0.4 is 22.6 Å². The molecule has 0 saturated heterocycles. The molecule has 0 spiro atoms. The predicted molar refractivity (Wildman–Crippen MR) is 209 cm³/mol. The van der Waals surface area contributed by atoms with Gasteiger partial charge in [0, 0.05) is 12.4 Å². The predicted octanol–water partition coefficient (Wildman–Crippen LogP) is 10.4. The fraction of sp³-hybridized carbons (Fsp3) is 0.585. The average molecular weight is 984 g/mol. The zero-order valence-corrected chi connectivity index (χ0v) is 37.3. The molecule has 320 valence electrons. The Labute approximate surface area is 363 Å². The smallest absolute Gasteiger partial charge is 1.00 e. The molecule has 4 aliphatic carbocycles. The Bertz CT molecular complexity index is 1300. The second-order valence-corrected chi connectivity index (χ2v) is 19.6. The number of para-hydroxylation sites is 2. The maximum atomic E-state index is 11.8. The number of hydrogen-bond donors (Lipinski definition) is 0. The molecule has 4 aliphatic rings. The van der Waals surface area contributed by atoms with Gasteiger partial charge in [0.2, 0.25) is 0 Å². The zero-order valence-electron chi connectivity index (χ0n) is 32.0. The molecule has 4 nitrogen and oxygen atoms in total. The Balaban J connectivity index is 0.000000847. The maximum absolute atomic E-state index is 11.8. The van der Waals surface area contributed by atoms with Gasteiger partial charge in [-0.3, -0.25) is 9.98 Å². The molecule has 4 radical (unpaired) electrons. The van der Waals surface area contributed by atoms with E-state index >= 15 is 0 Å². The van der Waals surface area contributed by atoms with Gasteiger partial charge in [0.1, 0.15) is 0 Å². The first kappa shape index (κ1) is 55.3. The molecule has 2 atom stereocenters. The molecule has 4 saturated carbocycles. The summed E-state index contributed by atoms with van der Waals surface area (Å²) in [5.41, 5.74) is 4.78. The van der Waals surface area contributed by atoms with Crippen molar-refractivity contribution in [1.82, 2.24) is 0 Å². The van der Waals surface area contributed by atoms with Gasteiger partial charge in [-0.25, -0.2) is 0 Å². The minimum Gasteiger partial charge on any atom is -1.00 e. The van der Waals surface area contributed by atoms with Gasteiger partial charge >= 0.3 is 70.5 Å². The van der Waals surface area contributed by atoms with Crippen molar-refractivity contribution < 1.29 is 85.3 Å². The van der Waals surface area contributed by atoms with E-state index in [0.717, 1.165) is 25.7 Å². The van der Waals surface area contributed by atoms with E-state index in [-0.39, 0.29) is 73.5 Å². The summed E-state index contributed by atoms with van der Waals surface area (Å²) >= 11 is 0. The third kappa shape index (κ3) is 23.8. The van der Waals surface area contributed by atoms with E-state index in [9.17, 15) is 35.4 Å². The Morgan fingerprint density at radius 2 is 0.786 bits per heavy atom. The number of nitrogens with zero attached hydrogens (tertiary/aromatic N) is 2. The Morgan fingerprint density at radius 3 is 1.05 bits per heavy atom. The van der Waals surface area contributed by atoms with Gasteiger partial charge < -0.3 is 22.6 Å². The van der Waals surface area contributed by atoms with Crippen LogP contribution in [0.3, 0.4) is 0 Å². The van der Waals surface area contributed by atoms with Crippen LogP contribution in [-0.2, 0) is 37.5 Å². The fourth-order valence-corrected chi connectivity index (χ4v) is 12.7. The van der Waals surface area contributed by atoms with Gasteiger partial charge in [0.05, 0.1) is 12.1 Å². The first-order chi connectivity index (χ1) is 25.1. The van der Waals surface area contributed by atoms with Crippen LogP contribution >= 0.6 is 15.7 Å². The molecule has 0 N–H and O–H groups in total. The van der Waals surface area contributed by atoms with Crippen LogP contribution in [-0.4, -0.2) is 41.5 Å². The summed E-state index contributed by atoms with van der Waals surface area (Å²) in [6.45, 7) is 6.50. The van der Waals surface area contributed by atoms with Crippen molar-refractivity contribution in [3.63, 3.8) is 0 Å². The summed E-state index contributed by atoms with van der Waals surface area (Å²) in [7, 11) is -10.3. The van der Waals surface area contributed by atoms with Crippen LogP contribution in [0.2, 0.25) is 0 Å². The van der Waals surface area contributed by atoms with E-state index in [1.165, 1.54) is 42.7 Å². The van der Waals surface area contributed by atoms with Gasteiger partial charge in [-0.1, -0.05) is 127 Å². The number of halogens is 7. The summed E-state index contributed by atoms with van der Waals surface area (Å²) < 4.78 is 59.2. The van der Waals surface area contributed by atoms with Gasteiger partial charge in [0.25, 0.3) is 0 Å². The van der Waals surface area contributed by atoms with Gasteiger partial charge in [-0.2, -0.15) is 0 Å². The molecule has 0 aliphatic heterocycles. The normalized spacial score (nSPS) is 22.2. The third-order valence-corrected chi connectivity index (χ3v) is 14.4. The first-order valence-corrected chi connectivity index (χ1v) is 23.0. The third-order valence-electron chi connectivity index (χ3n) is 10.3. The van der Waals surface area contributed by atoms with Crippen LogP contribution in [0.4, 0.5) is 25.2 Å². The van der Waals surface area contributed by atoms with Crippen LogP contribution in [0.25, 0.3) is 0 Å². The quantitative estimate of drug-likeness (QED) is 0.120. The summed E-state index contributed by atoms with van der Waals surface area (Å²) in [4.78, 5) is 9.23. The molecule has 2 aromatic rings. The summed E-state index contributed by atoms with van der Waals surface area (Å²) in [6.07, 6.45) is 32.6. The van der Waals surface area contributed by atoms with E-state index < -0.39 is 7.81 Å². The zero-order chi connectivity index (χ0) is 38.8. The minimum absolute atomic E-state index is 0. The summed E-state index contributed by atoms with van der Waals surface area (Å²) in [5, 5.41) is 23.5. The minimum atomic E-state index is -10.7. The number of hydrogen-bond acceptors (Lipinski definition) is 4. The monoisotopic (exact) mass is 982 g/mol. The van der Waals surface area contributed by atoms with Crippen LogP contribution in [0.5, 0.6) is 11.5 Å². The average Bonchev–Trinajstić information content (AvgIpc) is 3.12. The molecule has 6 rings (SSSR count). The molecule has 0 amide bonds. The molecule has 2 unspecified atom stereocenters. The molecule has 56 heavy (non-hydrogen) atoms. The molecule has 15 heteroatoms. The standard InChI is InChI=1S/C20H22N2O2.C18H33P.C3H5.ClH.F6P.Mn.Pd/c23-19-11-5-1-7-15(19)13-21-17-9-3-4-10-18(17)22-14-16-8-2-6-12-20(16)24;1-4-10-16(11-5-1)19(17-12-6-2-7-13-17)18-14-8-3-9-15-18;1-3-2;;1-7(2,3,4,5)6;;/h1-2,5-8,11-14,17-18,23-24H,3-4,9-10H2;16-18H,1-15H2;3H,1-2H2;1H;;;/q;;;;-1;2*+2/p-3. The van der Waals surface area contributed by atoms with Crippen LogP contribution in [0.1, 0.15) is 133 Å². The maximum Gasteiger partial charge on any atom is 2.00 e. The van der Waals surface area contributed by atoms with E-state index in [1.807, 2.05) is 12.1 Å². The van der Waals surface area contributed by atoms with E-state index in [1.54, 1.807) is 126 Å². The molecular weight excluding hydrogens is 925 g/mol. The second-order valence-electron chi connectivity index (χ2n) is 14.6. The van der Waals surface area contributed by atoms with Crippen molar-refractivity contribution in [3.8, 4) is 11.5 Å². The van der Waals surface area contributed by atoms with Crippen molar-refractivity contribution >= 4 is 28.2 Å². The second kappa shape index (κ2) is 26.5. The molecule has 0 bridgehead atoms. The van der Waals surface area contributed by atoms with Gasteiger partial charge in [-0.15, -0.1) is 11.5 Å². The van der Waals surface area contributed by atoms with Crippen molar-refractivity contribution in [2.75, 3.05) is 0 Å². The molecule has 4 fully saturated rings. The first-order valence-electron chi connectivity index (χ1n) is 19.4. The van der Waals surface area contributed by atoms with Crippen LogP contribution in [0, 0.1) is 20.3 Å². The molecular formula is C41H58ClF6MnN2O2P2Pd. The molecule has 0 aromatic heterocycles. The van der Waals surface area contributed by atoms with Crippen LogP contribution in [0.15, 0.2) is 58.5 Å². The molecule has 0 heterocycles. The Hall–Kier alpha value is -0.708. The van der Waals surface area contributed by atoms with Gasteiger partial charge in [0.15, 0.2) is 0 Å². The largest absolute Gasteiger partial charge is 2.00 e. The number of benzene rings is 2. The van der Waals surface area contributed by atoms with Crippen molar-refractivity contribution in [1.29, 1.82) is 0 Å². The van der Waals surface area contributed by atoms with E-state index in [0.29, 0.717) is 19.0 Å². The van der Waals surface area contributed by atoms with Crippen molar-refractivity contribution in [3.05, 3.63) is 79.9 Å². The SMILES string of the molecule is C1CCC(P(C2CCCCC2)C2CCCCC2)CC1.F[P-](F)(F)(F)(F)F.[CH2][CH][CH2].[Cl-].[Mn+2].[O-]c1ccccc1C=NC1CCCCC1N=Cc1ccccc1[O-].[Pd+2]. The number of aliphatic imine (C=N–C) groups is 2. The van der Waals surface area contributed by atoms with Gasteiger partial charge in [-0.05, 0) is 99.7 Å². The summed E-state index contributed by atoms with van der Waals surface area (Å²) in [6, 6.07) is 13.9. The number of rotatable bonds is 7. The van der Waals surface area contributed by atoms with E-state index in [4.69, 9.17) is 0 Å². The topological polar surface area (TPSA) is 70.8 Å². The van der Waals surface area contributed by atoms with Crippen molar-refractivity contribution in [2.45, 2.75) is 151 Å². The Morgan fingerprint density at radius 1 is 0.536 bits per heavy atom. The molecule has 2 aromatic carbocycles. The van der Waals surface area contributed by atoms with Crippen molar-refractivity contribution in [2.24, 2.45) is 9.98 Å². The van der Waals surface area contributed by atoms with E-state index in [2.05, 4.69) is 23.8 Å². The fourth-order valence-electron chi connectivity index (χ4n) is 8.00.